The molecule has 0 amide bonds. The number of hydrogen-bond acceptors (Lipinski definition) is 4. The van der Waals surface area contributed by atoms with Gasteiger partial charge in [-0.2, -0.15) is 0 Å². The Labute approximate surface area is 134 Å². The summed E-state index contributed by atoms with van der Waals surface area (Å²) in [5.41, 5.74) is 0.674. The number of carbonyl (C=O) groups excluding carboxylic acids is 1. The zero-order chi connectivity index (χ0) is 16.7. The highest BCUT2D eigenvalue weighted by Crippen LogP contribution is 2.17. The molecule has 4 nitrogen and oxygen atoms in total. The number of unbranched alkanes of at least 4 members (excludes halogenated alkanes) is 1. The molecule has 0 aliphatic carbocycles. The fraction of sp³-hybridized carbons (Fsp3) is 0.786. The first-order valence-electron chi connectivity index (χ1n) is 7.55. The molecule has 0 aliphatic rings. The van der Waals surface area contributed by atoms with Gasteiger partial charge in [-0.15, -0.1) is 0 Å². The molecule has 0 aromatic carbocycles. The first-order chi connectivity index (χ1) is 9.44. The number of rotatable bonds is 9. The van der Waals surface area contributed by atoms with Crippen LogP contribution >= 0.6 is 0 Å². The number of ether oxygens (including phenoxy) is 1. The average molecular weight is 349 g/mol. The highest BCUT2D eigenvalue weighted by Gasteiger charge is 2.28. The van der Waals surface area contributed by atoms with Gasteiger partial charge in [-0.3, -0.25) is 0 Å². The zero-order valence-corrected chi connectivity index (χ0v) is 18.1. The minimum absolute atomic E-state index is 0.250. The van der Waals surface area contributed by atoms with Gasteiger partial charge in [-0.1, -0.05) is 6.08 Å². The molecule has 124 valence electrons. The summed E-state index contributed by atoms with van der Waals surface area (Å²) in [7, 11) is -3.30. The minimum Gasteiger partial charge on any atom is -0.466 e. The maximum atomic E-state index is 11.3. The molecule has 7 heteroatoms. The van der Waals surface area contributed by atoms with Crippen molar-refractivity contribution in [1.29, 1.82) is 0 Å². The van der Waals surface area contributed by atoms with Gasteiger partial charge in [0.1, 0.15) is 0 Å². The van der Waals surface area contributed by atoms with Crippen LogP contribution in [-0.4, -0.2) is 39.0 Å². The van der Waals surface area contributed by atoms with Crippen LogP contribution in [0.5, 0.6) is 0 Å². The lowest BCUT2D eigenvalue weighted by Crippen LogP contribution is -2.43. The van der Waals surface area contributed by atoms with Gasteiger partial charge in [0, 0.05) is 5.57 Å². The zero-order valence-electron chi connectivity index (χ0n) is 14.9. The summed E-state index contributed by atoms with van der Waals surface area (Å²) >= 11 is 0. The van der Waals surface area contributed by atoms with E-state index in [-0.39, 0.29) is 5.97 Å². The van der Waals surface area contributed by atoms with Crippen LogP contribution in [0.1, 0.15) is 19.8 Å². The molecule has 0 rings (SSSR count). The maximum absolute atomic E-state index is 11.3. The predicted octanol–water partition coefficient (Wildman–Crippen LogP) is 3.81. The Bertz CT molecular complexity index is 340. The fourth-order valence-corrected chi connectivity index (χ4v) is 10.2. The fourth-order valence-electron chi connectivity index (χ4n) is 1.78. The third kappa shape index (κ3) is 12.1. The van der Waals surface area contributed by atoms with Gasteiger partial charge in [0.05, 0.1) is 7.11 Å². The van der Waals surface area contributed by atoms with E-state index in [0.29, 0.717) is 5.57 Å². The number of esters is 1. The van der Waals surface area contributed by atoms with Crippen molar-refractivity contribution in [2.75, 3.05) is 7.11 Å². The van der Waals surface area contributed by atoms with Crippen molar-refractivity contribution < 1.29 is 17.8 Å². The molecule has 0 saturated carbocycles. The molecule has 21 heavy (non-hydrogen) atoms. The van der Waals surface area contributed by atoms with Gasteiger partial charge in [-0.25, -0.2) is 4.79 Å². The molecular formula is C14H32O4Si3. The van der Waals surface area contributed by atoms with E-state index in [1.807, 2.05) is 6.08 Å². The van der Waals surface area contributed by atoms with Crippen molar-refractivity contribution in [3.63, 3.8) is 0 Å². The van der Waals surface area contributed by atoms with Crippen molar-refractivity contribution in [1.82, 2.24) is 0 Å². The third-order valence-electron chi connectivity index (χ3n) is 2.57. The molecule has 0 unspecified atom stereocenters. The highest BCUT2D eigenvalue weighted by molar-refractivity contribution is 6.81. The van der Waals surface area contributed by atoms with Crippen LogP contribution in [-0.2, 0) is 17.8 Å². The normalized spacial score (nSPS) is 13.7. The van der Waals surface area contributed by atoms with E-state index in [4.69, 9.17) is 8.23 Å². The summed E-state index contributed by atoms with van der Waals surface area (Å²) in [5, 5.41) is 0. The lowest BCUT2D eigenvalue weighted by atomic mass is 10.2. The lowest BCUT2D eigenvalue weighted by Gasteiger charge is -2.30. The van der Waals surface area contributed by atoms with Crippen LogP contribution in [0.15, 0.2) is 11.6 Å². The van der Waals surface area contributed by atoms with Crippen molar-refractivity contribution in [2.45, 2.75) is 65.1 Å². The van der Waals surface area contributed by atoms with Gasteiger partial charge in [0.15, 0.2) is 16.6 Å². The summed E-state index contributed by atoms with van der Waals surface area (Å²) in [6, 6.07) is 0.999. The van der Waals surface area contributed by atoms with E-state index in [0.717, 1.165) is 18.9 Å². The van der Waals surface area contributed by atoms with E-state index < -0.39 is 25.9 Å². The van der Waals surface area contributed by atoms with Crippen molar-refractivity contribution in [3.8, 4) is 0 Å². The van der Waals surface area contributed by atoms with Crippen LogP contribution in [0.3, 0.4) is 0 Å². The second-order valence-corrected chi connectivity index (χ2v) is 19.0. The number of allylic oxidation sites excluding steroid dienone is 1. The van der Waals surface area contributed by atoms with Gasteiger partial charge in [-0.05, 0) is 65.1 Å². The largest absolute Gasteiger partial charge is 0.466 e. The van der Waals surface area contributed by atoms with Crippen LogP contribution in [0, 0.1) is 0 Å². The quantitative estimate of drug-likeness (QED) is 0.275. The van der Waals surface area contributed by atoms with E-state index in [9.17, 15) is 4.79 Å². The average Bonchev–Trinajstić information content (AvgIpc) is 2.29. The molecule has 0 N–H and O–H groups in total. The standard InChI is InChI=1S/C14H32O4Si3/c1-13(14(15)16-2)11-9-10-12-19(17-20(3,4)5)18-21(6,7)8/h11,19H,9-10,12H2,1-8H3. The molecule has 0 aromatic heterocycles. The Kier molecular flexibility index (Phi) is 8.95. The third-order valence-corrected chi connectivity index (χ3v) is 11.2. The highest BCUT2D eigenvalue weighted by atomic mass is 28.4. The van der Waals surface area contributed by atoms with Gasteiger partial charge in [0.25, 0.3) is 0 Å². The molecule has 0 aromatic rings. The molecule has 0 atom stereocenters. The van der Waals surface area contributed by atoms with Crippen molar-refractivity contribution in [3.05, 3.63) is 11.6 Å². The minimum atomic E-state index is -1.60. The van der Waals surface area contributed by atoms with Gasteiger partial charge in [0.2, 0.25) is 0 Å². The summed E-state index contributed by atoms with van der Waals surface area (Å²) in [6.07, 6.45) is 3.81. The molecule has 0 fully saturated rings. The Hall–Kier alpha value is -0.219. The second-order valence-electron chi connectivity index (χ2n) is 7.20. The van der Waals surface area contributed by atoms with Gasteiger partial charge >= 0.3 is 15.3 Å². The topological polar surface area (TPSA) is 44.8 Å². The SMILES string of the molecule is COC(=O)C(C)=CCCC[SiH](O[Si](C)(C)C)O[Si](C)(C)C. The van der Waals surface area contributed by atoms with Crippen molar-refractivity contribution >= 4 is 31.9 Å². The molecule has 0 saturated heterocycles. The summed E-state index contributed by atoms with van der Waals surface area (Å²) < 4.78 is 17.2. The molecule has 0 radical (unpaired) electrons. The Balaban J connectivity index is 4.40. The molecule has 0 aliphatic heterocycles. The number of carbonyl (C=O) groups is 1. The smallest absolute Gasteiger partial charge is 0.333 e. The molecule has 0 spiro atoms. The second kappa shape index (κ2) is 9.04. The van der Waals surface area contributed by atoms with Gasteiger partial charge < -0.3 is 13.0 Å². The van der Waals surface area contributed by atoms with E-state index in [2.05, 4.69) is 44.0 Å². The van der Waals surface area contributed by atoms with Crippen molar-refractivity contribution in [2.24, 2.45) is 0 Å². The van der Waals surface area contributed by atoms with Crippen LogP contribution in [0.2, 0.25) is 45.3 Å². The van der Waals surface area contributed by atoms with Crippen LogP contribution in [0.4, 0.5) is 0 Å². The summed E-state index contributed by atoms with van der Waals surface area (Å²) in [6.45, 7) is 15.1. The lowest BCUT2D eigenvalue weighted by molar-refractivity contribution is -0.136. The first-order valence-corrected chi connectivity index (χ1v) is 16.1. The summed E-state index contributed by atoms with van der Waals surface area (Å²) in [5.74, 6) is -0.250. The summed E-state index contributed by atoms with van der Waals surface area (Å²) in [4.78, 5) is 11.3. The number of hydrogen-bond donors (Lipinski definition) is 0. The number of methoxy groups -OCH3 is 1. The van der Waals surface area contributed by atoms with Crippen LogP contribution in [0.25, 0.3) is 0 Å². The molecule has 0 bridgehead atoms. The van der Waals surface area contributed by atoms with E-state index in [1.54, 1.807) is 6.92 Å². The Morgan fingerprint density at radius 3 is 1.90 bits per heavy atom. The maximum Gasteiger partial charge on any atom is 0.333 e. The molecule has 0 heterocycles. The van der Waals surface area contributed by atoms with Crippen LogP contribution < -0.4 is 0 Å². The first kappa shape index (κ1) is 20.8. The Morgan fingerprint density at radius 1 is 1.05 bits per heavy atom. The van der Waals surface area contributed by atoms with E-state index >= 15 is 0 Å². The van der Waals surface area contributed by atoms with E-state index in [1.165, 1.54) is 7.11 Å². The molecular weight excluding hydrogens is 316 g/mol. The predicted molar refractivity (Wildman–Crippen MR) is 95.8 cm³/mol. The monoisotopic (exact) mass is 348 g/mol. The Morgan fingerprint density at radius 2 is 1.52 bits per heavy atom.